The van der Waals surface area contributed by atoms with Crippen LogP contribution in [-0.2, 0) is 5.79 Å². The summed E-state index contributed by atoms with van der Waals surface area (Å²) >= 11 is 1.31. The van der Waals surface area contributed by atoms with Crippen molar-refractivity contribution in [3.8, 4) is 0 Å². The quantitative estimate of drug-likeness (QED) is 0.686. The monoisotopic (exact) mass is 203 g/mol. The third-order valence-corrected chi connectivity index (χ3v) is 2.61. The summed E-state index contributed by atoms with van der Waals surface area (Å²) in [5, 5.41) is 19.3. The first-order valence-corrected chi connectivity index (χ1v) is 5.12. The summed E-state index contributed by atoms with van der Waals surface area (Å²) in [6.07, 6.45) is 0. The Labute approximate surface area is 83.1 Å². The highest BCUT2D eigenvalue weighted by molar-refractivity contribution is 7.11. The van der Waals surface area contributed by atoms with Gasteiger partial charge in [-0.1, -0.05) is 13.8 Å². The minimum absolute atomic E-state index is 0.523. The van der Waals surface area contributed by atoms with Crippen LogP contribution in [0.1, 0.15) is 36.3 Å². The Morgan fingerprint density at radius 2 is 1.69 bits per heavy atom. The van der Waals surface area contributed by atoms with E-state index in [2.05, 4.69) is 4.98 Å². The maximum absolute atomic E-state index is 9.21. The molecular formula is C9H17NO2S. The molecule has 0 aliphatic heterocycles. The molecule has 2 N–H and O–H groups in total. The van der Waals surface area contributed by atoms with E-state index in [9.17, 15) is 10.2 Å². The van der Waals surface area contributed by atoms with Gasteiger partial charge in [0.25, 0.3) is 0 Å². The van der Waals surface area contributed by atoms with Crippen molar-refractivity contribution in [1.82, 2.24) is 4.98 Å². The van der Waals surface area contributed by atoms with Crippen LogP contribution in [0.25, 0.3) is 0 Å². The van der Waals surface area contributed by atoms with Crippen molar-refractivity contribution in [1.29, 1.82) is 0 Å². The minimum Gasteiger partial charge on any atom is -0.361 e. The second kappa shape index (κ2) is 4.69. The van der Waals surface area contributed by atoms with E-state index in [4.69, 9.17) is 0 Å². The van der Waals surface area contributed by atoms with Gasteiger partial charge in [0.2, 0.25) is 0 Å². The zero-order valence-electron chi connectivity index (χ0n) is 8.75. The third-order valence-electron chi connectivity index (χ3n) is 1.33. The summed E-state index contributed by atoms with van der Waals surface area (Å²) < 4.78 is 0. The largest absolute Gasteiger partial charge is 0.361 e. The van der Waals surface area contributed by atoms with E-state index in [1.807, 2.05) is 20.8 Å². The lowest BCUT2D eigenvalue weighted by molar-refractivity contribution is -0.150. The zero-order valence-corrected chi connectivity index (χ0v) is 9.57. The summed E-state index contributed by atoms with van der Waals surface area (Å²) in [4.78, 5) is 4.60. The maximum Gasteiger partial charge on any atom is 0.198 e. The molecule has 0 atom stereocenters. The summed E-state index contributed by atoms with van der Waals surface area (Å²) in [6.45, 7) is 8.95. The molecule has 0 saturated heterocycles. The van der Waals surface area contributed by atoms with E-state index in [1.54, 1.807) is 6.92 Å². The van der Waals surface area contributed by atoms with Crippen molar-refractivity contribution >= 4 is 11.3 Å². The first-order valence-electron chi connectivity index (χ1n) is 4.30. The molecule has 0 aliphatic rings. The molecule has 76 valence electrons. The molecule has 0 aliphatic carbocycles. The number of rotatable bonds is 1. The third kappa shape index (κ3) is 3.42. The van der Waals surface area contributed by atoms with Gasteiger partial charge in [-0.2, -0.15) is 0 Å². The van der Waals surface area contributed by atoms with Crippen molar-refractivity contribution in [2.45, 2.75) is 40.4 Å². The Hall–Kier alpha value is -0.450. The summed E-state index contributed by atoms with van der Waals surface area (Å²) in [5.41, 5.74) is 0.694. The Morgan fingerprint density at radius 3 is 1.85 bits per heavy atom. The number of hydrogen-bond donors (Lipinski definition) is 2. The number of aryl methyl sites for hydroxylation is 2. The van der Waals surface area contributed by atoms with Crippen LogP contribution in [0.5, 0.6) is 0 Å². The first kappa shape index (κ1) is 12.6. The van der Waals surface area contributed by atoms with Crippen LogP contribution in [-0.4, -0.2) is 15.2 Å². The van der Waals surface area contributed by atoms with Crippen molar-refractivity contribution in [3.05, 3.63) is 15.6 Å². The van der Waals surface area contributed by atoms with Crippen molar-refractivity contribution < 1.29 is 10.2 Å². The maximum atomic E-state index is 9.21. The molecule has 0 unspecified atom stereocenters. The van der Waals surface area contributed by atoms with Crippen LogP contribution in [0.2, 0.25) is 0 Å². The molecule has 0 fully saturated rings. The minimum atomic E-state index is -1.74. The normalized spacial score (nSPS) is 10.7. The van der Waals surface area contributed by atoms with Gasteiger partial charge in [0.05, 0.1) is 15.6 Å². The molecule has 0 aromatic carbocycles. The molecule has 3 nitrogen and oxygen atoms in total. The molecule has 0 bridgehead atoms. The van der Waals surface area contributed by atoms with Crippen LogP contribution < -0.4 is 0 Å². The highest BCUT2D eigenvalue weighted by atomic mass is 32.1. The van der Waals surface area contributed by atoms with Crippen molar-refractivity contribution in [3.63, 3.8) is 0 Å². The molecular weight excluding hydrogens is 186 g/mol. The number of thiazole rings is 1. The lowest BCUT2D eigenvalue weighted by Gasteiger charge is -2.13. The van der Waals surface area contributed by atoms with Gasteiger partial charge in [-0.05, 0) is 20.8 Å². The SMILES string of the molecule is CC.Cc1nc(C)c(C(C)(O)O)s1. The van der Waals surface area contributed by atoms with Gasteiger partial charge < -0.3 is 10.2 Å². The molecule has 1 aromatic rings. The Balaban J connectivity index is 0.000000671. The fourth-order valence-corrected chi connectivity index (χ4v) is 1.84. The average molecular weight is 203 g/mol. The van der Waals surface area contributed by atoms with Crippen LogP contribution in [0.4, 0.5) is 0 Å². The molecule has 4 heteroatoms. The summed E-state index contributed by atoms with van der Waals surface area (Å²) in [5.74, 6) is -1.74. The lowest BCUT2D eigenvalue weighted by atomic mass is 10.2. The number of hydrogen-bond acceptors (Lipinski definition) is 4. The molecule has 0 saturated carbocycles. The topological polar surface area (TPSA) is 53.4 Å². The van der Waals surface area contributed by atoms with Crippen molar-refractivity contribution in [2.24, 2.45) is 0 Å². The number of nitrogens with zero attached hydrogens (tertiary/aromatic N) is 1. The van der Waals surface area contributed by atoms with E-state index < -0.39 is 5.79 Å². The van der Waals surface area contributed by atoms with Crippen molar-refractivity contribution in [2.75, 3.05) is 0 Å². The predicted molar refractivity (Wildman–Crippen MR) is 54.7 cm³/mol. The fourth-order valence-electron chi connectivity index (χ4n) is 0.971. The zero-order chi connectivity index (χ0) is 10.6. The average Bonchev–Trinajstić information content (AvgIpc) is 2.33. The van der Waals surface area contributed by atoms with Crippen LogP contribution >= 0.6 is 11.3 Å². The van der Waals surface area contributed by atoms with Crippen LogP contribution in [0.15, 0.2) is 0 Å². The lowest BCUT2D eigenvalue weighted by Crippen LogP contribution is -2.19. The van der Waals surface area contributed by atoms with Crippen LogP contribution in [0.3, 0.4) is 0 Å². The highest BCUT2D eigenvalue weighted by Crippen LogP contribution is 2.26. The molecule has 0 amide bonds. The summed E-state index contributed by atoms with van der Waals surface area (Å²) in [6, 6.07) is 0. The molecule has 13 heavy (non-hydrogen) atoms. The van der Waals surface area contributed by atoms with Gasteiger partial charge in [0.15, 0.2) is 5.79 Å². The molecule has 1 aromatic heterocycles. The van der Waals surface area contributed by atoms with Crippen LogP contribution in [0, 0.1) is 13.8 Å². The predicted octanol–water partition coefficient (Wildman–Crippen LogP) is 1.94. The second-order valence-electron chi connectivity index (χ2n) is 2.67. The standard InChI is InChI=1S/C7H11NO2S.C2H6/c1-4-6(7(3,9)10)11-5(2)8-4;1-2/h9-10H,1-3H3;1-2H3. The van der Waals surface area contributed by atoms with Gasteiger partial charge in [0, 0.05) is 0 Å². The van der Waals surface area contributed by atoms with Gasteiger partial charge in [-0.15, -0.1) is 11.3 Å². The highest BCUT2D eigenvalue weighted by Gasteiger charge is 2.24. The van der Waals surface area contributed by atoms with E-state index in [0.717, 1.165) is 5.01 Å². The second-order valence-corrected chi connectivity index (χ2v) is 3.87. The molecule has 0 radical (unpaired) electrons. The van der Waals surface area contributed by atoms with E-state index >= 15 is 0 Å². The van der Waals surface area contributed by atoms with Gasteiger partial charge in [-0.25, -0.2) is 4.98 Å². The Kier molecular flexibility index (Phi) is 4.53. The fraction of sp³-hybridized carbons (Fsp3) is 0.667. The summed E-state index contributed by atoms with van der Waals surface area (Å²) in [7, 11) is 0. The van der Waals surface area contributed by atoms with E-state index in [0.29, 0.717) is 10.6 Å². The van der Waals surface area contributed by atoms with E-state index in [1.165, 1.54) is 18.3 Å². The molecule has 1 heterocycles. The van der Waals surface area contributed by atoms with E-state index in [-0.39, 0.29) is 0 Å². The van der Waals surface area contributed by atoms with Gasteiger partial charge >= 0.3 is 0 Å². The molecule has 0 spiro atoms. The molecule has 1 rings (SSSR count). The Bertz CT molecular complexity index is 263. The number of aromatic nitrogens is 1. The first-order chi connectivity index (χ1) is 5.91. The van der Waals surface area contributed by atoms with Gasteiger partial charge in [0.1, 0.15) is 0 Å². The van der Waals surface area contributed by atoms with Gasteiger partial charge in [-0.3, -0.25) is 0 Å². The smallest absolute Gasteiger partial charge is 0.198 e. The number of aliphatic hydroxyl groups is 2. The Morgan fingerprint density at radius 1 is 1.23 bits per heavy atom.